The molecule has 0 saturated carbocycles. The van der Waals surface area contributed by atoms with Crippen molar-refractivity contribution in [2.75, 3.05) is 19.3 Å². The summed E-state index contributed by atoms with van der Waals surface area (Å²) in [7, 11) is 1.81. The number of benzene rings is 1. The van der Waals surface area contributed by atoms with Gasteiger partial charge in [-0.2, -0.15) is 11.8 Å². The Labute approximate surface area is 166 Å². The first-order valence-electron chi connectivity index (χ1n) is 9.37. The van der Waals surface area contributed by atoms with Crippen LogP contribution < -0.4 is 15.4 Å². The van der Waals surface area contributed by atoms with Gasteiger partial charge < -0.3 is 15.4 Å². The molecule has 0 aliphatic carbocycles. The van der Waals surface area contributed by atoms with Crippen molar-refractivity contribution >= 4 is 17.7 Å². The van der Waals surface area contributed by atoms with E-state index >= 15 is 0 Å². The molecule has 2 N–H and O–H groups in total. The van der Waals surface area contributed by atoms with Crippen LogP contribution in [0.1, 0.15) is 31.0 Å². The van der Waals surface area contributed by atoms with Crippen molar-refractivity contribution in [3.8, 4) is 5.75 Å². The fraction of sp³-hybridized carbons (Fsp3) is 0.429. The van der Waals surface area contributed by atoms with E-state index in [9.17, 15) is 0 Å². The minimum absolute atomic E-state index is 0.316. The molecular formula is C21H28N4OS. The van der Waals surface area contributed by atoms with Gasteiger partial charge in [-0.3, -0.25) is 9.98 Å². The molecule has 1 aromatic carbocycles. The molecule has 1 aliphatic heterocycles. The first-order valence-corrected chi connectivity index (χ1v) is 10.4. The van der Waals surface area contributed by atoms with Gasteiger partial charge in [-0.1, -0.05) is 18.2 Å². The number of hydrogen-bond donors (Lipinski definition) is 2. The van der Waals surface area contributed by atoms with Gasteiger partial charge in [0, 0.05) is 31.1 Å². The van der Waals surface area contributed by atoms with E-state index in [1.165, 1.54) is 18.6 Å². The highest BCUT2D eigenvalue weighted by Crippen LogP contribution is 2.36. The largest absolute Gasteiger partial charge is 0.487 e. The van der Waals surface area contributed by atoms with E-state index < -0.39 is 0 Å². The normalized spacial score (nSPS) is 19.7. The monoisotopic (exact) mass is 384 g/mol. The molecule has 0 bridgehead atoms. The molecule has 2 heterocycles. The molecule has 1 atom stereocenters. The first kappa shape index (κ1) is 19.5. The summed E-state index contributed by atoms with van der Waals surface area (Å²) in [4.78, 5) is 8.62. The Hall–Kier alpha value is -2.21. The number of ether oxygens (including phenoxy) is 1. The summed E-state index contributed by atoms with van der Waals surface area (Å²) >= 11 is 2.05. The fourth-order valence-electron chi connectivity index (χ4n) is 3.04. The van der Waals surface area contributed by atoms with Crippen LogP contribution in [-0.4, -0.2) is 35.0 Å². The molecule has 2 aromatic rings. The van der Waals surface area contributed by atoms with Gasteiger partial charge in [-0.15, -0.1) is 0 Å². The maximum Gasteiger partial charge on any atom is 0.191 e. The van der Waals surface area contributed by atoms with Crippen LogP contribution >= 0.6 is 11.8 Å². The second-order valence-corrected chi connectivity index (χ2v) is 8.62. The molecule has 1 unspecified atom stereocenters. The second kappa shape index (κ2) is 9.65. The van der Waals surface area contributed by atoms with Crippen LogP contribution in [0.5, 0.6) is 5.75 Å². The zero-order valence-corrected chi connectivity index (χ0v) is 16.9. The molecule has 1 fully saturated rings. The molecule has 0 spiro atoms. The van der Waals surface area contributed by atoms with Gasteiger partial charge in [0.2, 0.25) is 0 Å². The summed E-state index contributed by atoms with van der Waals surface area (Å²) in [6.07, 6.45) is 4.35. The number of guanidine groups is 1. The Balaban J connectivity index is 1.48. The highest BCUT2D eigenvalue weighted by Gasteiger charge is 2.29. The fourth-order valence-corrected chi connectivity index (χ4v) is 4.28. The third-order valence-corrected chi connectivity index (χ3v) is 6.16. The van der Waals surface area contributed by atoms with Crippen molar-refractivity contribution in [3.05, 3.63) is 59.9 Å². The van der Waals surface area contributed by atoms with Crippen LogP contribution in [0.15, 0.2) is 53.7 Å². The molecule has 0 radical (unpaired) electrons. The highest BCUT2D eigenvalue weighted by atomic mass is 32.2. The Morgan fingerprint density at radius 2 is 2.19 bits per heavy atom. The molecule has 0 amide bonds. The minimum Gasteiger partial charge on any atom is -0.487 e. The third kappa shape index (κ3) is 6.17. The number of nitrogens with one attached hydrogen (secondary N) is 2. The lowest BCUT2D eigenvalue weighted by Crippen LogP contribution is -2.43. The lowest BCUT2D eigenvalue weighted by Gasteiger charge is -2.24. The number of aromatic nitrogens is 1. The maximum absolute atomic E-state index is 5.86. The highest BCUT2D eigenvalue weighted by molar-refractivity contribution is 8.00. The van der Waals surface area contributed by atoms with E-state index in [1.807, 2.05) is 37.4 Å². The van der Waals surface area contributed by atoms with E-state index in [-0.39, 0.29) is 0 Å². The summed E-state index contributed by atoms with van der Waals surface area (Å²) in [5.74, 6) is 2.94. The van der Waals surface area contributed by atoms with Gasteiger partial charge in [-0.25, -0.2) is 0 Å². The molecular weight excluding hydrogens is 356 g/mol. The van der Waals surface area contributed by atoms with Crippen LogP contribution in [0.3, 0.4) is 0 Å². The molecule has 144 valence electrons. The lowest BCUT2D eigenvalue weighted by atomic mass is 10.1. The third-order valence-electron chi connectivity index (χ3n) is 4.63. The van der Waals surface area contributed by atoms with Gasteiger partial charge in [0.05, 0.1) is 5.69 Å². The summed E-state index contributed by atoms with van der Waals surface area (Å²) in [6.45, 7) is 4.43. The van der Waals surface area contributed by atoms with Gasteiger partial charge in [0.1, 0.15) is 12.4 Å². The molecule has 3 rings (SSSR count). The summed E-state index contributed by atoms with van der Waals surface area (Å²) in [6, 6.07) is 14.0. The average molecular weight is 385 g/mol. The van der Waals surface area contributed by atoms with E-state index in [1.54, 1.807) is 6.20 Å². The van der Waals surface area contributed by atoms with Crippen LogP contribution in [0, 0.1) is 0 Å². The number of pyridine rings is 1. The average Bonchev–Trinajstić information content (AvgIpc) is 3.14. The Kier molecular flexibility index (Phi) is 6.98. The summed E-state index contributed by atoms with van der Waals surface area (Å²) < 4.78 is 6.17. The van der Waals surface area contributed by atoms with Gasteiger partial charge >= 0.3 is 0 Å². The molecule has 27 heavy (non-hydrogen) atoms. The van der Waals surface area contributed by atoms with Crippen molar-refractivity contribution in [1.82, 2.24) is 15.6 Å². The molecule has 1 aromatic heterocycles. The molecule has 6 heteroatoms. The van der Waals surface area contributed by atoms with Crippen molar-refractivity contribution in [2.24, 2.45) is 4.99 Å². The predicted molar refractivity (Wildman–Crippen MR) is 113 cm³/mol. The standard InChI is InChI=1S/C21H28N4OS/c1-21(10-6-12-27-21)16-25-20(22-2)24-14-17-7-5-9-19(13-17)26-15-18-8-3-4-11-23-18/h3-5,7-9,11,13H,6,10,12,14-16H2,1-2H3,(H2,22,24,25). The van der Waals surface area contributed by atoms with E-state index in [0.29, 0.717) is 17.9 Å². The number of thioether (sulfide) groups is 1. The topological polar surface area (TPSA) is 58.5 Å². The summed E-state index contributed by atoms with van der Waals surface area (Å²) in [5.41, 5.74) is 2.07. The summed E-state index contributed by atoms with van der Waals surface area (Å²) in [5, 5.41) is 6.85. The lowest BCUT2D eigenvalue weighted by molar-refractivity contribution is 0.301. The molecule has 5 nitrogen and oxygen atoms in total. The smallest absolute Gasteiger partial charge is 0.191 e. The molecule has 1 aliphatic rings. The predicted octanol–water partition coefficient (Wildman–Crippen LogP) is 3.61. The minimum atomic E-state index is 0.316. The number of aliphatic imine (C=N–C) groups is 1. The van der Waals surface area contributed by atoms with E-state index in [2.05, 4.69) is 51.4 Å². The van der Waals surface area contributed by atoms with Crippen molar-refractivity contribution in [2.45, 2.75) is 37.7 Å². The van der Waals surface area contributed by atoms with Crippen molar-refractivity contribution in [3.63, 3.8) is 0 Å². The Morgan fingerprint density at radius 1 is 1.26 bits per heavy atom. The Bertz CT molecular complexity index is 745. The van der Waals surface area contributed by atoms with E-state index in [4.69, 9.17) is 4.74 Å². The maximum atomic E-state index is 5.86. The quantitative estimate of drug-likeness (QED) is 0.564. The SMILES string of the molecule is CN=C(NCc1cccc(OCc2ccccn2)c1)NCC1(C)CCCS1. The van der Waals surface area contributed by atoms with Crippen LogP contribution in [0.25, 0.3) is 0 Å². The number of nitrogens with zero attached hydrogens (tertiary/aromatic N) is 2. The van der Waals surface area contributed by atoms with Gasteiger partial charge in [0.25, 0.3) is 0 Å². The second-order valence-electron chi connectivity index (χ2n) is 6.94. The Morgan fingerprint density at radius 3 is 2.93 bits per heavy atom. The number of hydrogen-bond acceptors (Lipinski definition) is 4. The molecule has 1 saturated heterocycles. The van der Waals surface area contributed by atoms with Gasteiger partial charge in [-0.05, 0) is 55.3 Å². The zero-order chi connectivity index (χ0) is 19.0. The van der Waals surface area contributed by atoms with Crippen LogP contribution in [0.4, 0.5) is 0 Å². The van der Waals surface area contributed by atoms with Crippen LogP contribution in [-0.2, 0) is 13.2 Å². The van der Waals surface area contributed by atoms with Gasteiger partial charge in [0.15, 0.2) is 5.96 Å². The van der Waals surface area contributed by atoms with Crippen molar-refractivity contribution < 1.29 is 4.74 Å². The number of rotatable bonds is 7. The van der Waals surface area contributed by atoms with Crippen LogP contribution in [0.2, 0.25) is 0 Å². The van der Waals surface area contributed by atoms with Crippen molar-refractivity contribution in [1.29, 1.82) is 0 Å². The zero-order valence-electron chi connectivity index (χ0n) is 16.1. The van der Waals surface area contributed by atoms with E-state index in [0.717, 1.165) is 29.5 Å². The first-order chi connectivity index (χ1) is 13.2.